The molecule has 1 aliphatic carbocycles. The standard InChI is InChI=1S/C16H23NO2/c1-11-4-3-7-16(17,12(11)2)13-5-6-14-15(10-13)19-9-8-18-14/h5-6,10-12H,3-4,7-9,17H2,1-2H3. The van der Waals surface area contributed by atoms with Gasteiger partial charge in [-0.15, -0.1) is 0 Å². The first kappa shape index (κ1) is 12.8. The van der Waals surface area contributed by atoms with E-state index in [0.29, 0.717) is 25.0 Å². The second-order valence-corrected chi connectivity index (χ2v) is 6.06. The average Bonchev–Trinajstić information content (AvgIpc) is 2.44. The zero-order valence-corrected chi connectivity index (χ0v) is 11.8. The molecule has 3 heteroatoms. The van der Waals surface area contributed by atoms with Crippen molar-refractivity contribution < 1.29 is 9.47 Å². The van der Waals surface area contributed by atoms with Crippen LogP contribution in [0.2, 0.25) is 0 Å². The van der Waals surface area contributed by atoms with Crippen LogP contribution in [0, 0.1) is 11.8 Å². The minimum absolute atomic E-state index is 0.229. The van der Waals surface area contributed by atoms with Gasteiger partial charge in [-0.3, -0.25) is 0 Å². The molecular formula is C16H23NO2. The molecule has 1 saturated carbocycles. The Balaban J connectivity index is 1.96. The second kappa shape index (κ2) is 4.71. The van der Waals surface area contributed by atoms with Crippen LogP contribution in [0.1, 0.15) is 38.7 Å². The topological polar surface area (TPSA) is 44.5 Å². The van der Waals surface area contributed by atoms with Crippen molar-refractivity contribution in [3.8, 4) is 11.5 Å². The molecular weight excluding hydrogens is 238 g/mol. The lowest BCUT2D eigenvalue weighted by Gasteiger charge is -2.44. The van der Waals surface area contributed by atoms with Crippen LogP contribution in [-0.4, -0.2) is 13.2 Å². The maximum absolute atomic E-state index is 6.75. The van der Waals surface area contributed by atoms with Gasteiger partial charge in [-0.1, -0.05) is 32.8 Å². The molecule has 1 aromatic carbocycles. The highest BCUT2D eigenvalue weighted by atomic mass is 16.6. The van der Waals surface area contributed by atoms with Crippen LogP contribution in [0.4, 0.5) is 0 Å². The smallest absolute Gasteiger partial charge is 0.161 e. The molecule has 2 N–H and O–H groups in total. The van der Waals surface area contributed by atoms with E-state index in [1.165, 1.54) is 18.4 Å². The fourth-order valence-electron chi connectivity index (χ4n) is 3.44. The zero-order valence-electron chi connectivity index (χ0n) is 11.8. The second-order valence-electron chi connectivity index (χ2n) is 6.06. The highest BCUT2D eigenvalue weighted by molar-refractivity contribution is 5.46. The molecule has 1 heterocycles. The van der Waals surface area contributed by atoms with E-state index < -0.39 is 0 Å². The maximum atomic E-state index is 6.75. The van der Waals surface area contributed by atoms with Crippen LogP contribution in [0.15, 0.2) is 18.2 Å². The summed E-state index contributed by atoms with van der Waals surface area (Å²) in [6.45, 7) is 5.84. The van der Waals surface area contributed by atoms with E-state index in [1.807, 2.05) is 6.07 Å². The number of benzene rings is 1. The van der Waals surface area contributed by atoms with Gasteiger partial charge in [0.1, 0.15) is 13.2 Å². The molecule has 3 atom stereocenters. The third kappa shape index (κ3) is 2.10. The number of nitrogens with two attached hydrogens (primary N) is 1. The van der Waals surface area contributed by atoms with Crippen molar-refractivity contribution in [2.24, 2.45) is 17.6 Å². The van der Waals surface area contributed by atoms with Crippen molar-refractivity contribution in [2.75, 3.05) is 13.2 Å². The summed E-state index contributed by atoms with van der Waals surface area (Å²) in [6, 6.07) is 6.20. The lowest BCUT2D eigenvalue weighted by molar-refractivity contribution is 0.141. The van der Waals surface area contributed by atoms with Crippen molar-refractivity contribution in [3.63, 3.8) is 0 Å². The van der Waals surface area contributed by atoms with Gasteiger partial charge in [0.25, 0.3) is 0 Å². The van der Waals surface area contributed by atoms with Gasteiger partial charge in [0.15, 0.2) is 11.5 Å². The van der Waals surface area contributed by atoms with Gasteiger partial charge in [-0.25, -0.2) is 0 Å². The molecule has 3 unspecified atom stereocenters. The van der Waals surface area contributed by atoms with E-state index in [4.69, 9.17) is 15.2 Å². The molecule has 2 aliphatic rings. The lowest BCUT2D eigenvalue weighted by atomic mass is 9.66. The van der Waals surface area contributed by atoms with Gasteiger partial charge in [-0.05, 0) is 36.0 Å². The van der Waals surface area contributed by atoms with Crippen molar-refractivity contribution >= 4 is 0 Å². The Labute approximate surface area is 115 Å². The summed E-state index contributed by atoms with van der Waals surface area (Å²) in [4.78, 5) is 0. The van der Waals surface area contributed by atoms with Crippen LogP contribution in [0.5, 0.6) is 11.5 Å². The van der Waals surface area contributed by atoms with E-state index in [9.17, 15) is 0 Å². The molecule has 1 aliphatic heterocycles. The first-order chi connectivity index (χ1) is 9.11. The lowest BCUT2D eigenvalue weighted by Crippen LogP contribution is -2.48. The van der Waals surface area contributed by atoms with Crippen LogP contribution < -0.4 is 15.2 Å². The number of fused-ring (bicyclic) bond motifs is 1. The molecule has 3 nitrogen and oxygen atoms in total. The number of ether oxygens (including phenoxy) is 2. The number of hydrogen-bond acceptors (Lipinski definition) is 3. The van der Waals surface area contributed by atoms with Crippen LogP contribution in [0.25, 0.3) is 0 Å². The molecule has 1 aromatic rings. The van der Waals surface area contributed by atoms with E-state index >= 15 is 0 Å². The molecule has 0 aromatic heterocycles. The minimum atomic E-state index is -0.229. The molecule has 0 radical (unpaired) electrons. The summed E-state index contributed by atoms with van der Waals surface area (Å²) in [6.07, 6.45) is 3.54. The first-order valence-corrected chi connectivity index (χ1v) is 7.30. The van der Waals surface area contributed by atoms with Gasteiger partial charge in [0.2, 0.25) is 0 Å². The molecule has 19 heavy (non-hydrogen) atoms. The molecule has 104 valence electrons. The summed E-state index contributed by atoms with van der Waals surface area (Å²) in [5.41, 5.74) is 7.71. The van der Waals surface area contributed by atoms with Gasteiger partial charge < -0.3 is 15.2 Å². The van der Waals surface area contributed by atoms with E-state index in [1.54, 1.807) is 0 Å². The molecule has 0 spiro atoms. The Morgan fingerprint density at radius 3 is 2.68 bits per heavy atom. The SMILES string of the molecule is CC1CCCC(N)(c2ccc3c(c2)OCCO3)C1C. The third-order valence-electron chi connectivity index (χ3n) is 5.00. The summed E-state index contributed by atoms with van der Waals surface area (Å²) in [5, 5.41) is 0. The molecule has 3 rings (SSSR count). The largest absolute Gasteiger partial charge is 0.486 e. The fraction of sp³-hybridized carbons (Fsp3) is 0.625. The molecule has 0 amide bonds. The van der Waals surface area contributed by atoms with Gasteiger partial charge in [-0.2, -0.15) is 0 Å². The summed E-state index contributed by atoms with van der Waals surface area (Å²) in [7, 11) is 0. The molecule has 1 fully saturated rings. The van der Waals surface area contributed by atoms with E-state index in [0.717, 1.165) is 17.9 Å². The van der Waals surface area contributed by atoms with Crippen LogP contribution >= 0.6 is 0 Å². The summed E-state index contributed by atoms with van der Waals surface area (Å²) in [5.74, 6) is 2.85. The molecule has 0 bridgehead atoms. The van der Waals surface area contributed by atoms with Crippen molar-refractivity contribution in [2.45, 2.75) is 38.6 Å². The van der Waals surface area contributed by atoms with Crippen LogP contribution in [-0.2, 0) is 5.54 Å². The van der Waals surface area contributed by atoms with E-state index in [-0.39, 0.29) is 5.54 Å². The third-order valence-corrected chi connectivity index (χ3v) is 5.00. The van der Waals surface area contributed by atoms with Crippen molar-refractivity contribution in [1.82, 2.24) is 0 Å². The van der Waals surface area contributed by atoms with E-state index in [2.05, 4.69) is 26.0 Å². The average molecular weight is 261 g/mol. The zero-order chi connectivity index (χ0) is 13.5. The highest BCUT2D eigenvalue weighted by Gasteiger charge is 2.40. The number of rotatable bonds is 1. The summed E-state index contributed by atoms with van der Waals surface area (Å²) >= 11 is 0. The normalized spacial score (nSPS) is 34.1. The Morgan fingerprint density at radius 2 is 1.89 bits per heavy atom. The Kier molecular flexibility index (Phi) is 3.17. The van der Waals surface area contributed by atoms with Crippen molar-refractivity contribution in [3.05, 3.63) is 23.8 Å². The monoisotopic (exact) mass is 261 g/mol. The Bertz CT molecular complexity index is 474. The van der Waals surface area contributed by atoms with Crippen molar-refractivity contribution in [1.29, 1.82) is 0 Å². The predicted octanol–water partition coefficient (Wildman–Crippen LogP) is 3.07. The Hall–Kier alpha value is -1.22. The summed E-state index contributed by atoms with van der Waals surface area (Å²) < 4.78 is 11.3. The van der Waals surface area contributed by atoms with Gasteiger partial charge in [0.05, 0.1) is 0 Å². The quantitative estimate of drug-likeness (QED) is 0.845. The molecule has 0 saturated heterocycles. The van der Waals surface area contributed by atoms with Gasteiger partial charge >= 0.3 is 0 Å². The minimum Gasteiger partial charge on any atom is -0.486 e. The highest BCUT2D eigenvalue weighted by Crippen LogP contribution is 2.44. The van der Waals surface area contributed by atoms with Crippen LogP contribution in [0.3, 0.4) is 0 Å². The van der Waals surface area contributed by atoms with Gasteiger partial charge in [0, 0.05) is 5.54 Å². The Morgan fingerprint density at radius 1 is 1.16 bits per heavy atom. The maximum Gasteiger partial charge on any atom is 0.161 e. The fourth-order valence-corrected chi connectivity index (χ4v) is 3.44. The first-order valence-electron chi connectivity index (χ1n) is 7.30. The predicted molar refractivity (Wildman–Crippen MR) is 75.5 cm³/mol. The number of hydrogen-bond donors (Lipinski definition) is 1.